The van der Waals surface area contributed by atoms with Crippen LogP contribution >= 0.6 is 27.5 Å². The van der Waals surface area contributed by atoms with Crippen molar-refractivity contribution in [2.24, 2.45) is 0 Å². The molecule has 200 valence electrons. The average molecular weight is 624 g/mol. The number of nitrogens with zero attached hydrogens (tertiary/aromatic N) is 8. The number of halogens is 5. The van der Waals surface area contributed by atoms with Crippen molar-refractivity contribution in [3.05, 3.63) is 74.4 Å². The molecule has 0 bridgehead atoms. The number of hydrogen-bond donors (Lipinski definition) is 2. The van der Waals surface area contributed by atoms with Gasteiger partial charge in [-0.25, -0.2) is 9.67 Å². The molecule has 1 aromatic carbocycles. The van der Waals surface area contributed by atoms with Crippen molar-refractivity contribution >= 4 is 45.0 Å². The molecule has 0 aliphatic rings. The van der Waals surface area contributed by atoms with Crippen LogP contribution in [0, 0.1) is 18.3 Å². The second-order valence-corrected chi connectivity index (χ2v) is 9.15. The summed E-state index contributed by atoms with van der Waals surface area (Å²) in [6.45, 7) is 1.05. The van der Waals surface area contributed by atoms with E-state index in [0.717, 1.165) is 4.68 Å². The summed E-state index contributed by atoms with van der Waals surface area (Å²) in [4.78, 5) is 31.0. The average Bonchev–Trinajstić information content (AvgIpc) is 3.52. The van der Waals surface area contributed by atoms with Gasteiger partial charge in [0.25, 0.3) is 17.6 Å². The maximum atomic E-state index is 13.5. The first-order valence-corrected chi connectivity index (χ1v) is 12.0. The van der Waals surface area contributed by atoms with Gasteiger partial charge in [-0.3, -0.25) is 9.59 Å². The quantitative estimate of drug-likeness (QED) is 0.296. The van der Waals surface area contributed by atoms with E-state index in [1.54, 1.807) is 25.1 Å². The van der Waals surface area contributed by atoms with E-state index in [-0.39, 0.29) is 46.6 Å². The number of benzene rings is 1. The van der Waals surface area contributed by atoms with Crippen LogP contribution in [0.15, 0.2) is 41.0 Å². The van der Waals surface area contributed by atoms with Gasteiger partial charge >= 0.3 is 6.18 Å². The lowest BCUT2D eigenvalue weighted by Crippen LogP contribution is -2.26. The Balaban J connectivity index is 1.73. The van der Waals surface area contributed by atoms with E-state index in [2.05, 4.69) is 52.1 Å². The summed E-state index contributed by atoms with van der Waals surface area (Å²) in [6, 6.07) is 9.32. The summed E-state index contributed by atoms with van der Waals surface area (Å²) in [7, 11) is 0. The molecule has 12 nitrogen and oxygen atoms in total. The smallest absolute Gasteiger partial charge is 0.339 e. The number of anilines is 1. The van der Waals surface area contributed by atoms with Gasteiger partial charge in [0.05, 0.1) is 28.0 Å². The third-order valence-electron chi connectivity index (χ3n) is 5.05. The molecule has 0 atom stereocenters. The number of pyridine rings is 1. The van der Waals surface area contributed by atoms with Gasteiger partial charge in [0.2, 0.25) is 0 Å². The van der Waals surface area contributed by atoms with Crippen molar-refractivity contribution in [2.45, 2.75) is 19.6 Å². The third kappa shape index (κ3) is 6.21. The topological polar surface area (TPSA) is 156 Å². The molecule has 0 fully saturated rings. The minimum Gasteiger partial charge on any atom is -0.339 e. The van der Waals surface area contributed by atoms with Crippen molar-refractivity contribution in [3.63, 3.8) is 0 Å². The van der Waals surface area contributed by atoms with Crippen molar-refractivity contribution in [2.75, 3.05) is 11.9 Å². The van der Waals surface area contributed by atoms with Crippen LogP contribution in [0.25, 0.3) is 5.82 Å². The molecule has 0 spiro atoms. The summed E-state index contributed by atoms with van der Waals surface area (Å²) < 4.78 is 40.3. The van der Waals surface area contributed by atoms with E-state index < -0.39 is 23.8 Å². The Kier molecular flexibility index (Phi) is 7.93. The standard InChI is InChI=1S/C22H15BrClF3N10O2/c1-11-7-12(23)8-14(19(38)30-6-4-28)17(11)31-20(39)16-9-13(10-36-34-21(32-35-36)22(25,26)27)33-37(16)18-15(24)3-2-5-29-18/h2-3,5,7-9H,6,10H2,1H3,(H,30,38)(H,31,39). The molecule has 3 aromatic heterocycles. The number of carbonyl (C=O) groups is 2. The Morgan fingerprint density at radius 1 is 1.21 bits per heavy atom. The van der Waals surface area contributed by atoms with Crippen molar-refractivity contribution in [1.29, 1.82) is 5.26 Å². The van der Waals surface area contributed by atoms with Crippen LogP contribution in [0.2, 0.25) is 5.02 Å². The van der Waals surface area contributed by atoms with E-state index in [0.29, 0.717) is 14.8 Å². The maximum Gasteiger partial charge on any atom is 0.455 e. The third-order valence-corrected chi connectivity index (χ3v) is 5.81. The van der Waals surface area contributed by atoms with Gasteiger partial charge in [0.1, 0.15) is 18.8 Å². The molecule has 0 saturated heterocycles. The molecular weight excluding hydrogens is 609 g/mol. The van der Waals surface area contributed by atoms with Crippen LogP contribution in [-0.4, -0.2) is 53.3 Å². The monoisotopic (exact) mass is 622 g/mol. The summed E-state index contributed by atoms with van der Waals surface area (Å²) in [5, 5.41) is 28.0. The predicted octanol–water partition coefficient (Wildman–Crippen LogP) is 3.55. The van der Waals surface area contributed by atoms with Gasteiger partial charge in [0, 0.05) is 10.7 Å². The summed E-state index contributed by atoms with van der Waals surface area (Å²) in [5.41, 5.74) is 0.750. The molecule has 0 radical (unpaired) electrons. The molecule has 4 rings (SSSR count). The lowest BCUT2D eigenvalue weighted by atomic mass is 10.1. The number of rotatable bonds is 7. The predicted molar refractivity (Wildman–Crippen MR) is 133 cm³/mol. The maximum absolute atomic E-state index is 13.5. The minimum absolute atomic E-state index is 0.0672. The van der Waals surface area contributed by atoms with E-state index in [9.17, 15) is 22.8 Å². The highest BCUT2D eigenvalue weighted by molar-refractivity contribution is 9.10. The Labute approximate surface area is 230 Å². The zero-order chi connectivity index (χ0) is 28.3. The molecule has 17 heteroatoms. The van der Waals surface area contributed by atoms with Gasteiger partial charge in [-0.1, -0.05) is 27.5 Å². The Morgan fingerprint density at radius 2 is 1.97 bits per heavy atom. The number of carbonyl (C=O) groups excluding carboxylic acids is 2. The molecule has 4 aromatic rings. The minimum atomic E-state index is -4.79. The number of amides is 2. The fourth-order valence-corrected chi connectivity index (χ4v) is 4.19. The Bertz CT molecular complexity index is 1610. The molecule has 2 N–H and O–H groups in total. The molecule has 0 saturated carbocycles. The first-order valence-electron chi connectivity index (χ1n) is 10.8. The second-order valence-electron chi connectivity index (χ2n) is 7.82. The molecule has 2 amide bonds. The van der Waals surface area contributed by atoms with Crippen molar-refractivity contribution in [1.82, 2.24) is 40.3 Å². The molecule has 3 heterocycles. The highest BCUT2D eigenvalue weighted by atomic mass is 79.9. The number of tetrazole rings is 1. The first kappa shape index (κ1) is 27.7. The van der Waals surface area contributed by atoms with Crippen LogP contribution < -0.4 is 10.6 Å². The Morgan fingerprint density at radius 3 is 2.64 bits per heavy atom. The SMILES string of the molecule is Cc1cc(Br)cc(C(=O)NCC#N)c1NC(=O)c1cc(Cn2nnc(C(F)(F)F)n2)nn1-c1ncccc1Cl. The summed E-state index contributed by atoms with van der Waals surface area (Å²) >= 11 is 9.58. The normalized spacial score (nSPS) is 11.2. The van der Waals surface area contributed by atoms with Gasteiger partial charge in [-0.2, -0.15) is 28.3 Å². The highest BCUT2D eigenvalue weighted by Gasteiger charge is 2.37. The zero-order valence-corrected chi connectivity index (χ0v) is 22.0. The highest BCUT2D eigenvalue weighted by Crippen LogP contribution is 2.28. The van der Waals surface area contributed by atoms with E-state index in [4.69, 9.17) is 16.9 Å². The number of aryl methyl sites for hydroxylation is 1. The molecular formula is C22H15BrClF3N10O2. The van der Waals surface area contributed by atoms with Crippen LogP contribution in [0.4, 0.5) is 18.9 Å². The van der Waals surface area contributed by atoms with Gasteiger partial charge in [-0.15, -0.1) is 10.2 Å². The second kappa shape index (κ2) is 11.2. The van der Waals surface area contributed by atoms with Gasteiger partial charge in [0.15, 0.2) is 5.82 Å². The zero-order valence-electron chi connectivity index (χ0n) is 19.7. The van der Waals surface area contributed by atoms with Crippen LogP contribution in [-0.2, 0) is 12.7 Å². The number of nitriles is 1. The number of hydrogen-bond acceptors (Lipinski definition) is 8. The number of alkyl halides is 3. The molecule has 39 heavy (non-hydrogen) atoms. The van der Waals surface area contributed by atoms with Crippen molar-refractivity contribution in [3.8, 4) is 11.9 Å². The molecule has 0 aliphatic carbocycles. The largest absolute Gasteiger partial charge is 0.455 e. The number of aromatic nitrogens is 7. The first-order chi connectivity index (χ1) is 18.5. The van der Waals surface area contributed by atoms with E-state index in [1.165, 1.54) is 24.4 Å². The summed E-state index contributed by atoms with van der Waals surface area (Å²) in [6.07, 6.45) is -3.38. The Hall–Kier alpha value is -4.36. The fourth-order valence-electron chi connectivity index (χ4n) is 3.41. The molecule has 0 unspecified atom stereocenters. The lowest BCUT2D eigenvalue weighted by Gasteiger charge is -2.15. The van der Waals surface area contributed by atoms with E-state index >= 15 is 0 Å². The van der Waals surface area contributed by atoms with Gasteiger partial charge in [-0.05, 0) is 48.0 Å². The molecule has 0 aliphatic heterocycles. The lowest BCUT2D eigenvalue weighted by molar-refractivity contribution is -0.145. The van der Waals surface area contributed by atoms with Crippen LogP contribution in [0.5, 0.6) is 0 Å². The fraction of sp³-hybridized carbons (Fsp3) is 0.182. The van der Waals surface area contributed by atoms with Gasteiger partial charge < -0.3 is 10.6 Å². The summed E-state index contributed by atoms with van der Waals surface area (Å²) in [5.74, 6) is -2.70. The van der Waals surface area contributed by atoms with Crippen LogP contribution in [0.3, 0.4) is 0 Å². The van der Waals surface area contributed by atoms with E-state index in [1.807, 2.05) is 0 Å². The number of nitrogens with one attached hydrogen (secondary N) is 2. The van der Waals surface area contributed by atoms with Crippen molar-refractivity contribution < 1.29 is 22.8 Å². The van der Waals surface area contributed by atoms with Crippen LogP contribution in [0.1, 0.15) is 37.9 Å².